The van der Waals surface area contributed by atoms with Crippen LogP contribution in [-0.4, -0.2) is 43.5 Å². The van der Waals surface area contributed by atoms with Gasteiger partial charge in [0.25, 0.3) is 5.91 Å². The van der Waals surface area contributed by atoms with Gasteiger partial charge in [-0.1, -0.05) is 0 Å². The van der Waals surface area contributed by atoms with Crippen LogP contribution in [0.5, 0.6) is 0 Å². The lowest BCUT2D eigenvalue weighted by atomic mass is 9.99. The van der Waals surface area contributed by atoms with Gasteiger partial charge in [0.05, 0.1) is 27.0 Å². The predicted octanol–water partition coefficient (Wildman–Crippen LogP) is 3.15. The number of nitrogens with two attached hydrogens (primary N) is 1. The second kappa shape index (κ2) is 7.15. The number of anilines is 1. The van der Waals surface area contributed by atoms with E-state index in [2.05, 4.69) is 4.98 Å². The molecule has 1 fully saturated rings. The number of benzene rings is 1. The molecular formula is C17H13F6N3O3S. The second-order valence-corrected chi connectivity index (χ2v) is 8.53. The minimum Gasteiger partial charge on any atom is -0.397 e. The van der Waals surface area contributed by atoms with E-state index in [0.717, 1.165) is 29.3 Å². The summed E-state index contributed by atoms with van der Waals surface area (Å²) in [5.74, 6) is -2.53. The molecule has 0 spiro atoms. The van der Waals surface area contributed by atoms with Gasteiger partial charge in [-0.2, -0.15) is 26.3 Å². The Balaban J connectivity index is 1.82. The van der Waals surface area contributed by atoms with E-state index in [1.54, 1.807) is 0 Å². The Morgan fingerprint density at radius 1 is 1.03 bits per heavy atom. The van der Waals surface area contributed by atoms with Crippen molar-refractivity contribution in [1.82, 2.24) is 9.88 Å². The van der Waals surface area contributed by atoms with E-state index in [-0.39, 0.29) is 5.69 Å². The van der Waals surface area contributed by atoms with Crippen LogP contribution in [0.3, 0.4) is 0 Å². The predicted molar refractivity (Wildman–Crippen MR) is 91.0 cm³/mol. The third-order valence-electron chi connectivity index (χ3n) is 4.53. The molecule has 3 rings (SSSR count). The van der Waals surface area contributed by atoms with E-state index in [4.69, 9.17) is 5.73 Å². The molecule has 1 saturated heterocycles. The Kier molecular flexibility index (Phi) is 5.21. The number of hydrogen-bond donors (Lipinski definition) is 1. The largest absolute Gasteiger partial charge is 0.416 e. The van der Waals surface area contributed by atoms with E-state index in [0.29, 0.717) is 12.1 Å². The number of sulfone groups is 1. The summed E-state index contributed by atoms with van der Waals surface area (Å²) < 4.78 is 101. The first kappa shape index (κ1) is 21.9. The summed E-state index contributed by atoms with van der Waals surface area (Å²) in [6, 6.07) is 3.62. The summed E-state index contributed by atoms with van der Waals surface area (Å²) in [7, 11) is -4.29. The number of carbonyl (C=O) groups is 1. The Hall–Kier alpha value is -2.83. The molecule has 0 radical (unpaired) electrons. The summed E-state index contributed by atoms with van der Waals surface area (Å²) in [6.07, 6.45) is -8.30. The zero-order valence-electron chi connectivity index (χ0n) is 14.8. The maximum absolute atomic E-state index is 12.6. The van der Waals surface area contributed by atoms with Crippen LogP contribution in [-0.2, 0) is 16.0 Å². The van der Waals surface area contributed by atoms with Crippen molar-refractivity contribution in [3.8, 4) is 0 Å². The second-order valence-electron chi connectivity index (χ2n) is 6.58. The molecular weight excluding hydrogens is 440 g/mol. The lowest BCUT2D eigenvalue weighted by Crippen LogP contribution is -2.55. The summed E-state index contributed by atoms with van der Waals surface area (Å²) in [6.45, 7) is -1.12. The number of halogens is 6. The summed E-state index contributed by atoms with van der Waals surface area (Å²) in [4.78, 5) is 15.8. The fourth-order valence-corrected chi connectivity index (χ4v) is 3.99. The molecule has 0 unspecified atom stereocenters. The molecule has 1 aliphatic rings. The highest BCUT2D eigenvalue weighted by Crippen LogP contribution is 2.35. The van der Waals surface area contributed by atoms with Crippen LogP contribution in [0.1, 0.15) is 16.1 Å². The number of likely N-dealkylation sites (tertiary alicyclic amines) is 1. The molecule has 1 aromatic carbocycles. The Labute approximate surface area is 166 Å². The zero-order valence-corrected chi connectivity index (χ0v) is 15.6. The Morgan fingerprint density at radius 3 is 2.07 bits per heavy atom. The zero-order chi connectivity index (χ0) is 22.5. The Morgan fingerprint density at radius 2 is 1.60 bits per heavy atom. The van der Waals surface area contributed by atoms with Gasteiger partial charge in [-0.25, -0.2) is 13.4 Å². The number of carbonyl (C=O) groups excluding carboxylic acids is 1. The van der Waals surface area contributed by atoms with Crippen molar-refractivity contribution in [2.75, 3.05) is 18.8 Å². The van der Waals surface area contributed by atoms with Crippen molar-refractivity contribution in [2.24, 2.45) is 5.92 Å². The van der Waals surface area contributed by atoms with Crippen molar-refractivity contribution in [3.63, 3.8) is 0 Å². The standard InChI is InChI=1S/C17H13F6N3O3S/c18-16(19,20)9-1-3-11(4-2-9)30(28,29)12-5-13(24)14(25-6-12)15(27)26-7-10(8-26)17(21,22)23/h1-6,10H,7-8,24H2. The number of nitrogens with zero attached hydrogens (tertiary/aromatic N) is 2. The van der Waals surface area contributed by atoms with Crippen LogP contribution >= 0.6 is 0 Å². The highest BCUT2D eigenvalue weighted by atomic mass is 32.2. The highest BCUT2D eigenvalue weighted by molar-refractivity contribution is 7.91. The van der Waals surface area contributed by atoms with Gasteiger partial charge in [0.2, 0.25) is 9.84 Å². The van der Waals surface area contributed by atoms with E-state index in [1.165, 1.54) is 0 Å². The van der Waals surface area contributed by atoms with Gasteiger partial charge < -0.3 is 10.6 Å². The summed E-state index contributed by atoms with van der Waals surface area (Å²) in [5.41, 5.74) is 3.83. The molecule has 2 heterocycles. The topological polar surface area (TPSA) is 93.4 Å². The molecule has 30 heavy (non-hydrogen) atoms. The molecule has 2 aromatic rings. The number of pyridine rings is 1. The first-order valence-corrected chi connectivity index (χ1v) is 9.73. The third-order valence-corrected chi connectivity index (χ3v) is 6.27. The Bertz CT molecular complexity index is 1080. The van der Waals surface area contributed by atoms with E-state index < -0.39 is 68.2 Å². The number of amides is 1. The molecule has 0 aliphatic carbocycles. The maximum Gasteiger partial charge on any atom is 0.416 e. The van der Waals surface area contributed by atoms with Crippen molar-refractivity contribution in [1.29, 1.82) is 0 Å². The van der Waals surface area contributed by atoms with Crippen molar-refractivity contribution in [2.45, 2.75) is 22.1 Å². The van der Waals surface area contributed by atoms with E-state index >= 15 is 0 Å². The fourth-order valence-electron chi connectivity index (χ4n) is 2.75. The van der Waals surface area contributed by atoms with Crippen molar-refractivity contribution >= 4 is 21.4 Å². The maximum atomic E-state index is 12.6. The van der Waals surface area contributed by atoms with Crippen molar-refractivity contribution < 1.29 is 39.6 Å². The number of rotatable bonds is 3. The van der Waals surface area contributed by atoms with Crippen LogP contribution in [0, 0.1) is 5.92 Å². The average molecular weight is 453 g/mol. The molecule has 0 atom stereocenters. The number of nitrogen functional groups attached to an aromatic ring is 1. The summed E-state index contributed by atoms with van der Waals surface area (Å²) in [5, 5.41) is 0. The van der Waals surface area contributed by atoms with Crippen LogP contribution in [0.25, 0.3) is 0 Å². The lowest BCUT2D eigenvalue weighted by Gasteiger charge is -2.39. The van der Waals surface area contributed by atoms with Gasteiger partial charge in [0.15, 0.2) is 5.69 Å². The smallest absolute Gasteiger partial charge is 0.397 e. The first-order chi connectivity index (χ1) is 13.7. The minimum absolute atomic E-state index is 0.386. The lowest BCUT2D eigenvalue weighted by molar-refractivity contribution is -0.202. The van der Waals surface area contributed by atoms with Crippen LogP contribution in [0.15, 0.2) is 46.3 Å². The molecule has 6 nitrogen and oxygen atoms in total. The fraction of sp³-hybridized carbons (Fsp3) is 0.294. The van der Waals surface area contributed by atoms with Crippen molar-refractivity contribution in [3.05, 3.63) is 47.8 Å². The minimum atomic E-state index is -4.64. The molecule has 1 amide bonds. The van der Waals surface area contributed by atoms with Gasteiger partial charge >= 0.3 is 12.4 Å². The van der Waals surface area contributed by atoms with Crippen LogP contribution in [0.4, 0.5) is 32.0 Å². The average Bonchev–Trinajstić information content (AvgIpc) is 2.58. The number of alkyl halides is 6. The molecule has 1 aliphatic heterocycles. The van der Waals surface area contributed by atoms with E-state index in [1.807, 2.05) is 0 Å². The van der Waals surface area contributed by atoms with Gasteiger partial charge in [-0.05, 0) is 30.3 Å². The highest BCUT2D eigenvalue weighted by Gasteiger charge is 2.49. The quantitative estimate of drug-likeness (QED) is 0.721. The van der Waals surface area contributed by atoms with Crippen LogP contribution < -0.4 is 5.73 Å². The monoisotopic (exact) mass is 453 g/mol. The molecule has 1 aromatic heterocycles. The van der Waals surface area contributed by atoms with Crippen LogP contribution in [0.2, 0.25) is 0 Å². The normalized spacial score (nSPS) is 15.7. The SMILES string of the molecule is Nc1cc(S(=O)(=O)c2ccc(C(F)(F)F)cc2)cnc1C(=O)N1CC(C(F)(F)F)C1. The van der Waals surface area contributed by atoms with Gasteiger partial charge in [0.1, 0.15) is 0 Å². The number of hydrogen-bond acceptors (Lipinski definition) is 5. The summed E-state index contributed by atoms with van der Waals surface area (Å²) >= 11 is 0. The number of aromatic nitrogens is 1. The van der Waals surface area contributed by atoms with Gasteiger partial charge in [-0.3, -0.25) is 4.79 Å². The van der Waals surface area contributed by atoms with Gasteiger partial charge in [-0.15, -0.1) is 0 Å². The first-order valence-electron chi connectivity index (χ1n) is 8.25. The van der Waals surface area contributed by atoms with Gasteiger partial charge in [0, 0.05) is 19.3 Å². The molecule has 13 heteroatoms. The molecule has 0 saturated carbocycles. The van der Waals surface area contributed by atoms with E-state index in [9.17, 15) is 39.6 Å². The third kappa shape index (κ3) is 4.06. The molecule has 2 N–H and O–H groups in total. The molecule has 162 valence electrons. The molecule has 0 bridgehead atoms.